The molecule has 106 valence electrons. The van der Waals surface area contributed by atoms with E-state index in [4.69, 9.17) is 0 Å². The van der Waals surface area contributed by atoms with Crippen molar-refractivity contribution in [2.45, 2.75) is 18.6 Å². The summed E-state index contributed by atoms with van der Waals surface area (Å²) < 4.78 is 0. The topological polar surface area (TPSA) is 15.3 Å². The molecule has 1 aromatic carbocycles. The molecule has 0 bridgehead atoms. The van der Waals surface area contributed by atoms with Crippen LogP contribution in [0.3, 0.4) is 0 Å². The summed E-state index contributed by atoms with van der Waals surface area (Å²) in [5.74, 6) is 3.26. The van der Waals surface area contributed by atoms with Crippen LogP contribution in [-0.2, 0) is 5.75 Å². The highest BCUT2D eigenvalue weighted by Gasteiger charge is 2.18. The van der Waals surface area contributed by atoms with Gasteiger partial charge in [-0.05, 0) is 44.5 Å². The summed E-state index contributed by atoms with van der Waals surface area (Å²) in [6, 6.07) is 10.8. The van der Waals surface area contributed by atoms with Crippen LogP contribution in [0.15, 0.2) is 30.3 Å². The van der Waals surface area contributed by atoms with Crippen molar-refractivity contribution in [3.8, 4) is 0 Å². The Morgan fingerprint density at radius 2 is 2.16 bits per heavy atom. The standard InChI is InChI=1S/C16H26N2S/c1-17-12-16-8-5-9-18(13-16)10-11-19-14-15-6-3-2-4-7-15/h2-4,6-7,16-17H,5,8-14H2,1H3. The third kappa shape index (κ3) is 5.55. The van der Waals surface area contributed by atoms with E-state index in [1.807, 2.05) is 0 Å². The highest BCUT2D eigenvalue weighted by atomic mass is 32.2. The van der Waals surface area contributed by atoms with E-state index < -0.39 is 0 Å². The lowest BCUT2D eigenvalue weighted by Gasteiger charge is -2.32. The summed E-state index contributed by atoms with van der Waals surface area (Å²) >= 11 is 2.06. The second-order valence-electron chi connectivity index (χ2n) is 5.40. The molecule has 0 amide bonds. The molecule has 3 heteroatoms. The fourth-order valence-corrected chi connectivity index (χ4v) is 3.73. The third-order valence-electron chi connectivity index (χ3n) is 3.76. The molecule has 2 nitrogen and oxygen atoms in total. The van der Waals surface area contributed by atoms with Crippen LogP contribution in [0.4, 0.5) is 0 Å². The Bertz CT molecular complexity index is 340. The molecule has 1 atom stereocenters. The number of thioether (sulfide) groups is 1. The van der Waals surface area contributed by atoms with Crippen molar-refractivity contribution in [3.05, 3.63) is 35.9 Å². The number of hydrogen-bond donors (Lipinski definition) is 1. The number of likely N-dealkylation sites (tertiary alicyclic amines) is 1. The molecule has 0 spiro atoms. The highest BCUT2D eigenvalue weighted by Crippen LogP contribution is 2.17. The summed E-state index contributed by atoms with van der Waals surface area (Å²) in [4.78, 5) is 2.64. The zero-order chi connectivity index (χ0) is 13.3. The van der Waals surface area contributed by atoms with Crippen LogP contribution in [0.25, 0.3) is 0 Å². The Morgan fingerprint density at radius 1 is 1.32 bits per heavy atom. The molecule has 1 heterocycles. The summed E-state index contributed by atoms with van der Waals surface area (Å²) in [5, 5.41) is 3.31. The molecule has 1 N–H and O–H groups in total. The maximum Gasteiger partial charge on any atom is 0.0185 e. The molecule has 0 saturated carbocycles. The Hall–Kier alpha value is -0.510. The molecule has 1 fully saturated rings. The molecule has 0 aromatic heterocycles. The van der Waals surface area contributed by atoms with Crippen molar-refractivity contribution in [3.63, 3.8) is 0 Å². The van der Waals surface area contributed by atoms with E-state index in [1.165, 1.54) is 50.3 Å². The fraction of sp³-hybridized carbons (Fsp3) is 0.625. The van der Waals surface area contributed by atoms with E-state index in [0.29, 0.717) is 0 Å². The van der Waals surface area contributed by atoms with Gasteiger partial charge in [-0.3, -0.25) is 0 Å². The van der Waals surface area contributed by atoms with Gasteiger partial charge in [0.15, 0.2) is 0 Å². The molecule has 19 heavy (non-hydrogen) atoms. The van der Waals surface area contributed by atoms with E-state index in [2.05, 4.69) is 59.4 Å². The van der Waals surface area contributed by atoms with Crippen LogP contribution in [0.2, 0.25) is 0 Å². The van der Waals surface area contributed by atoms with Gasteiger partial charge in [-0.1, -0.05) is 30.3 Å². The summed E-state index contributed by atoms with van der Waals surface area (Å²) in [7, 11) is 2.06. The van der Waals surface area contributed by atoms with Gasteiger partial charge in [-0.15, -0.1) is 0 Å². The summed E-state index contributed by atoms with van der Waals surface area (Å²) in [6.07, 6.45) is 2.77. The molecule has 1 saturated heterocycles. The number of rotatable bonds is 7. The lowest BCUT2D eigenvalue weighted by Crippen LogP contribution is -2.40. The van der Waals surface area contributed by atoms with Crippen LogP contribution < -0.4 is 5.32 Å². The van der Waals surface area contributed by atoms with E-state index in [0.717, 1.165) is 11.7 Å². The number of nitrogens with zero attached hydrogens (tertiary/aromatic N) is 1. The second-order valence-corrected chi connectivity index (χ2v) is 6.51. The second kappa shape index (κ2) is 8.62. The van der Waals surface area contributed by atoms with E-state index in [1.54, 1.807) is 0 Å². The maximum absolute atomic E-state index is 3.31. The van der Waals surface area contributed by atoms with Crippen LogP contribution >= 0.6 is 11.8 Å². The predicted octanol–water partition coefficient (Wildman–Crippen LogP) is 2.85. The maximum atomic E-state index is 3.31. The number of nitrogens with one attached hydrogen (secondary N) is 1. The average molecular weight is 278 g/mol. The first-order chi connectivity index (χ1) is 9.38. The zero-order valence-electron chi connectivity index (χ0n) is 12.0. The largest absolute Gasteiger partial charge is 0.319 e. The summed E-state index contributed by atoms with van der Waals surface area (Å²) in [6.45, 7) is 5.00. The fourth-order valence-electron chi connectivity index (χ4n) is 2.77. The minimum Gasteiger partial charge on any atom is -0.319 e. The molecule has 0 aliphatic carbocycles. The minimum atomic E-state index is 0.859. The van der Waals surface area contributed by atoms with Gasteiger partial charge in [-0.2, -0.15) is 11.8 Å². The SMILES string of the molecule is CNCC1CCCN(CCSCc2ccccc2)C1. The smallest absolute Gasteiger partial charge is 0.0185 e. The molecular formula is C16H26N2S. The van der Waals surface area contributed by atoms with Gasteiger partial charge >= 0.3 is 0 Å². The normalized spacial score (nSPS) is 20.6. The van der Waals surface area contributed by atoms with Crippen molar-refractivity contribution in [2.24, 2.45) is 5.92 Å². The van der Waals surface area contributed by atoms with Crippen molar-refractivity contribution >= 4 is 11.8 Å². The van der Waals surface area contributed by atoms with Crippen LogP contribution in [0.5, 0.6) is 0 Å². The quantitative estimate of drug-likeness (QED) is 0.772. The van der Waals surface area contributed by atoms with Crippen LogP contribution in [-0.4, -0.2) is 43.9 Å². The van der Waals surface area contributed by atoms with Crippen molar-refractivity contribution in [2.75, 3.05) is 39.0 Å². The minimum absolute atomic E-state index is 0.859. The Kier molecular flexibility index (Phi) is 6.75. The lowest BCUT2D eigenvalue weighted by atomic mass is 9.98. The van der Waals surface area contributed by atoms with Gasteiger partial charge in [0.05, 0.1) is 0 Å². The van der Waals surface area contributed by atoms with Crippen LogP contribution in [0.1, 0.15) is 18.4 Å². The molecular weight excluding hydrogens is 252 g/mol. The first kappa shape index (κ1) is 14.9. The van der Waals surface area contributed by atoms with Gasteiger partial charge in [0.2, 0.25) is 0 Å². The first-order valence-electron chi connectivity index (χ1n) is 7.37. The van der Waals surface area contributed by atoms with Gasteiger partial charge in [0, 0.05) is 24.6 Å². The first-order valence-corrected chi connectivity index (χ1v) is 8.52. The Labute approximate surface area is 122 Å². The zero-order valence-corrected chi connectivity index (χ0v) is 12.8. The molecule has 0 radical (unpaired) electrons. The number of piperidine rings is 1. The van der Waals surface area contributed by atoms with E-state index in [-0.39, 0.29) is 0 Å². The van der Waals surface area contributed by atoms with E-state index >= 15 is 0 Å². The van der Waals surface area contributed by atoms with Crippen molar-refractivity contribution in [1.82, 2.24) is 10.2 Å². The molecule has 1 aliphatic heterocycles. The van der Waals surface area contributed by atoms with Gasteiger partial charge in [-0.25, -0.2) is 0 Å². The average Bonchev–Trinajstić information content (AvgIpc) is 2.46. The predicted molar refractivity (Wildman–Crippen MR) is 85.7 cm³/mol. The van der Waals surface area contributed by atoms with E-state index in [9.17, 15) is 0 Å². The highest BCUT2D eigenvalue weighted by molar-refractivity contribution is 7.98. The Morgan fingerprint density at radius 3 is 2.95 bits per heavy atom. The van der Waals surface area contributed by atoms with Crippen LogP contribution in [0, 0.1) is 5.92 Å². The van der Waals surface area contributed by atoms with Gasteiger partial charge < -0.3 is 10.2 Å². The number of hydrogen-bond acceptors (Lipinski definition) is 3. The Balaban J connectivity index is 1.60. The molecule has 1 aliphatic rings. The third-order valence-corrected chi connectivity index (χ3v) is 4.77. The molecule has 1 aromatic rings. The van der Waals surface area contributed by atoms with Crippen molar-refractivity contribution in [1.29, 1.82) is 0 Å². The van der Waals surface area contributed by atoms with Gasteiger partial charge in [0.25, 0.3) is 0 Å². The number of benzene rings is 1. The summed E-state index contributed by atoms with van der Waals surface area (Å²) in [5.41, 5.74) is 1.44. The van der Waals surface area contributed by atoms with Gasteiger partial charge in [0.1, 0.15) is 0 Å². The molecule has 2 rings (SSSR count). The van der Waals surface area contributed by atoms with Crippen molar-refractivity contribution < 1.29 is 0 Å². The monoisotopic (exact) mass is 278 g/mol. The molecule has 1 unspecified atom stereocenters. The lowest BCUT2D eigenvalue weighted by molar-refractivity contribution is 0.183.